The number of nitrogens with zero attached hydrogens (tertiary/aromatic N) is 4. The van der Waals surface area contributed by atoms with Crippen LogP contribution in [-0.2, 0) is 18.3 Å². The molecule has 0 aliphatic heterocycles. The number of hydrogen-bond donors (Lipinski definition) is 1. The minimum Gasteiger partial charge on any atom is -0.346 e. The van der Waals surface area contributed by atoms with Crippen molar-refractivity contribution in [2.24, 2.45) is 13.0 Å². The standard InChI is InChI=1S/C15H21N5O/c1-11(2)7-13(15-17-10-18-20(15)3)19-14(21)8-12-5-4-6-16-9-12/h4-6,9-11,13H,7-8H2,1-3H3,(H,19,21)/t13-/m0/s1. The Balaban J connectivity index is 2.05. The molecule has 0 bridgehead atoms. The maximum atomic E-state index is 12.2. The molecule has 2 aromatic heterocycles. The Morgan fingerprint density at radius 3 is 2.81 bits per heavy atom. The van der Waals surface area contributed by atoms with Crippen LogP contribution in [0.2, 0.25) is 0 Å². The average Bonchev–Trinajstić information content (AvgIpc) is 2.85. The number of aryl methyl sites for hydroxylation is 1. The summed E-state index contributed by atoms with van der Waals surface area (Å²) < 4.78 is 1.71. The van der Waals surface area contributed by atoms with Crippen molar-refractivity contribution in [1.29, 1.82) is 0 Å². The van der Waals surface area contributed by atoms with E-state index in [1.165, 1.54) is 6.33 Å². The molecular weight excluding hydrogens is 266 g/mol. The smallest absolute Gasteiger partial charge is 0.225 e. The van der Waals surface area contributed by atoms with E-state index in [-0.39, 0.29) is 11.9 Å². The highest BCUT2D eigenvalue weighted by Crippen LogP contribution is 2.19. The van der Waals surface area contributed by atoms with Crippen LogP contribution in [0.5, 0.6) is 0 Å². The SMILES string of the molecule is CC(C)C[C@H](NC(=O)Cc1cccnc1)c1ncnn1C. The fourth-order valence-corrected chi connectivity index (χ4v) is 2.25. The van der Waals surface area contributed by atoms with Crippen LogP contribution in [-0.4, -0.2) is 25.7 Å². The molecule has 2 heterocycles. The lowest BCUT2D eigenvalue weighted by Gasteiger charge is -2.19. The Morgan fingerprint density at radius 1 is 1.43 bits per heavy atom. The molecule has 1 amide bonds. The third-order valence-corrected chi connectivity index (χ3v) is 3.19. The Hall–Kier alpha value is -2.24. The first-order chi connectivity index (χ1) is 10.1. The molecule has 0 unspecified atom stereocenters. The molecule has 2 aromatic rings. The van der Waals surface area contributed by atoms with E-state index in [0.717, 1.165) is 17.8 Å². The number of rotatable bonds is 6. The maximum Gasteiger partial charge on any atom is 0.225 e. The fourth-order valence-electron chi connectivity index (χ4n) is 2.25. The van der Waals surface area contributed by atoms with Gasteiger partial charge in [-0.25, -0.2) is 4.98 Å². The second kappa shape index (κ2) is 6.97. The molecule has 2 rings (SSSR count). The van der Waals surface area contributed by atoms with Gasteiger partial charge in [0.15, 0.2) is 0 Å². The molecule has 0 saturated heterocycles. The Bertz CT molecular complexity index is 579. The minimum atomic E-state index is -0.123. The van der Waals surface area contributed by atoms with Crippen LogP contribution < -0.4 is 5.32 Å². The largest absolute Gasteiger partial charge is 0.346 e. The van der Waals surface area contributed by atoms with Crippen molar-refractivity contribution in [2.75, 3.05) is 0 Å². The molecule has 1 atom stereocenters. The summed E-state index contributed by atoms with van der Waals surface area (Å²) in [6, 6.07) is 3.60. The van der Waals surface area contributed by atoms with Gasteiger partial charge in [-0.05, 0) is 24.0 Å². The Kier molecular flexibility index (Phi) is 5.03. The summed E-state index contributed by atoms with van der Waals surface area (Å²) in [4.78, 5) is 20.5. The van der Waals surface area contributed by atoms with Crippen LogP contribution >= 0.6 is 0 Å². The van der Waals surface area contributed by atoms with E-state index < -0.39 is 0 Å². The quantitative estimate of drug-likeness (QED) is 0.877. The van der Waals surface area contributed by atoms with Crippen LogP contribution in [0, 0.1) is 5.92 Å². The third kappa shape index (κ3) is 4.37. The van der Waals surface area contributed by atoms with Gasteiger partial charge in [0.1, 0.15) is 12.2 Å². The summed E-state index contributed by atoms with van der Waals surface area (Å²) in [6.07, 6.45) is 6.06. The predicted octanol–water partition coefficient (Wildman–Crippen LogP) is 1.66. The topological polar surface area (TPSA) is 72.7 Å². The molecule has 0 aliphatic carbocycles. The molecule has 21 heavy (non-hydrogen) atoms. The van der Waals surface area contributed by atoms with Gasteiger partial charge in [-0.3, -0.25) is 14.5 Å². The van der Waals surface area contributed by atoms with Gasteiger partial charge in [-0.1, -0.05) is 19.9 Å². The van der Waals surface area contributed by atoms with Crippen molar-refractivity contribution < 1.29 is 4.79 Å². The monoisotopic (exact) mass is 287 g/mol. The summed E-state index contributed by atoms with van der Waals surface area (Å²) >= 11 is 0. The first kappa shape index (κ1) is 15.2. The zero-order valence-corrected chi connectivity index (χ0v) is 12.7. The summed E-state index contributed by atoms with van der Waals surface area (Å²) in [6.45, 7) is 4.24. The molecular formula is C15H21N5O. The van der Waals surface area contributed by atoms with E-state index in [1.54, 1.807) is 17.1 Å². The first-order valence-corrected chi connectivity index (χ1v) is 7.08. The average molecular weight is 287 g/mol. The van der Waals surface area contributed by atoms with Gasteiger partial charge in [0.2, 0.25) is 5.91 Å². The number of nitrogens with one attached hydrogen (secondary N) is 1. The molecule has 0 fully saturated rings. The molecule has 6 heteroatoms. The molecule has 0 radical (unpaired) electrons. The van der Waals surface area contributed by atoms with Crippen LogP contribution in [0.3, 0.4) is 0 Å². The zero-order valence-electron chi connectivity index (χ0n) is 12.7. The van der Waals surface area contributed by atoms with Crippen molar-refractivity contribution in [3.63, 3.8) is 0 Å². The van der Waals surface area contributed by atoms with Gasteiger partial charge < -0.3 is 5.32 Å². The van der Waals surface area contributed by atoms with Gasteiger partial charge in [-0.15, -0.1) is 0 Å². The summed E-state index contributed by atoms with van der Waals surface area (Å²) in [5.41, 5.74) is 0.899. The third-order valence-electron chi connectivity index (χ3n) is 3.19. The highest BCUT2D eigenvalue weighted by Gasteiger charge is 2.20. The van der Waals surface area contributed by atoms with Crippen molar-refractivity contribution in [3.8, 4) is 0 Å². The summed E-state index contributed by atoms with van der Waals surface area (Å²) in [5.74, 6) is 1.20. The fraction of sp³-hybridized carbons (Fsp3) is 0.467. The number of hydrogen-bond acceptors (Lipinski definition) is 4. The lowest BCUT2D eigenvalue weighted by molar-refractivity contribution is -0.121. The number of aromatic nitrogens is 4. The molecule has 1 N–H and O–H groups in total. The molecule has 0 saturated carbocycles. The lowest BCUT2D eigenvalue weighted by atomic mass is 10.0. The van der Waals surface area contributed by atoms with Gasteiger partial charge >= 0.3 is 0 Å². The predicted molar refractivity (Wildman–Crippen MR) is 79.3 cm³/mol. The second-order valence-electron chi connectivity index (χ2n) is 5.53. The van der Waals surface area contributed by atoms with Gasteiger partial charge in [0.25, 0.3) is 0 Å². The van der Waals surface area contributed by atoms with Crippen LogP contribution in [0.4, 0.5) is 0 Å². The molecule has 0 aliphatic rings. The minimum absolute atomic E-state index is 0.0309. The number of carbonyl (C=O) groups excluding carboxylic acids is 1. The van der Waals surface area contributed by atoms with Crippen molar-refractivity contribution in [3.05, 3.63) is 42.2 Å². The number of carbonyl (C=O) groups is 1. The van der Waals surface area contributed by atoms with E-state index in [2.05, 4.69) is 34.2 Å². The Morgan fingerprint density at radius 2 is 2.24 bits per heavy atom. The van der Waals surface area contributed by atoms with E-state index >= 15 is 0 Å². The molecule has 112 valence electrons. The molecule has 0 spiro atoms. The van der Waals surface area contributed by atoms with Gasteiger partial charge in [0.05, 0.1) is 12.5 Å². The Labute approximate surface area is 124 Å². The van der Waals surface area contributed by atoms with Crippen LogP contribution in [0.15, 0.2) is 30.9 Å². The highest BCUT2D eigenvalue weighted by molar-refractivity contribution is 5.78. The first-order valence-electron chi connectivity index (χ1n) is 7.08. The van der Waals surface area contributed by atoms with Crippen molar-refractivity contribution in [1.82, 2.24) is 25.1 Å². The molecule has 0 aromatic carbocycles. The van der Waals surface area contributed by atoms with Crippen molar-refractivity contribution in [2.45, 2.75) is 32.7 Å². The van der Waals surface area contributed by atoms with E-state index in [9.17, 15) is 4.79 Å². The van der Waals surface area contributed by atoms with Crippen LogP contribution in [0.25, 0.3) is 0 Å². The number of amides is 1. The van der Waals surface area contributed by atoms with E-state index in [1.807, 2.05) is 19.2 Å². The molecule has 6 nitrogen and oxygen atoms in total. The van der Waals surface area contributed by atoms with E-state index in [4.69, 9.17) is 0 Å². The lowest BCUT2D eigenvalue weighted by Crippen LogP contribution is -2.32. The number of pyridine rings is 1. The second-order valence-corrected chi connectivity index (χ2v) is 5.53. The highest BCUT2D eigenvalue weighted by atomic mass is 16.1. The zero-order chi connectivity index (χ0) is 15.2. The van der Waals surface area contributed by atoms with E-state index in [0.29, 0.717) is 12.3 Å². The van der Waals surface area contributed by atoms with Crippen LogP contribution in [0.1, 0.15) is 37.7 Å². The van der Waals surface area contributed by atoms with Gasteiger partial charge in [0, 0.05) is 19.4 Å². The van der Waals surface area contributed by atoms with Gasteiger partial charge in [-0.2, -0.15) is 5.10 Å². The summed E-state index contributed by atoms with van der Waals surface area (Å²) in [7, 11) is 1.84. The van der Waals surface area contributed by atoms with Crippen molar-refractivity contribution >= 4 is 5.91 Å². The normalized spacial score (nSPS) is 12.4. The summed E-state index contributed by atoms with van der Waals surface area (Å²) in [5, 5.41) is 7.13. The maximum absolute atomic E-state index is 12.2.